The lowest BCUT2D eigenvalue weighted by Crippen LogP contribution is -2.48. The fourth-order valence-electron chi connectivity index (χ4n) is 3.38. The van der Waals surface area contributed by atoms with Gasteiger partial charge in [-0.1, -0.05) is 13.3 Å². The number of anilines is 1. The van der Waals surface area contributed by atoms with Gasteiger partial charge in [0.2, 0.25) is 11.8 Å². The maximum Gasteiger partial charge on any atom is 0.244 e. The topological polar surface area (TPSA) is 89.6 Å². The number of nitrogens with one attached hydrogen (secondary N) is 1. The van der Waals surface area contributed by atoms with Gasteiger partial charge in [-0.25, -0.2) is 0 Å². The van der Waals surface area contributed by atoms with Crippen molar-refractivity contribution in [2.45, 2.75) is 38.8 Å². The fourth-order valence-corrected chi connectivity index (χ4v) is 3.38. The summed E-state index contributed by atoms with van der Waals surface area (Å²) in [5, 5.41) is 3.87. The standard InChI is InChI=1S/C20H28N4O3.ClH/c1-3-7-20(2,21)19(26)22-16-4-5-17-15(13-16)6-8-24(17)14-18(25)23-9-11-27-12-10-23;/h4-6,8,13H,3,7,9-12,14,21H2,1-2H3,(H,22,26);1H. The van der Waals surface area contributed by atoms with Gasteiger partial charge in [0.05, 0.1) is 18.8 Å². The van der Waals surface area contributed by atoms with Crippen LogP contribution in [0.3, 0.4) is 0 Å². The third-order valence-corrected chi connectivity index (χ3v) is 4.99. The molecular formula is C20H29ClN4O3. The number of benzene rings is 1. The van der Waals surface area contributed by atoms with Crippen molar-refractivity contribution in [1.29, 1.82) is 0 Å². The van der Waals surface area contributed by atoms with E-state index in [-0.39, 0.29) is 24.2 Å². The molecule has 1 unspecified atom stereocenters. The van der Waals surface area contributed by atoms with Crippen LogP contribution in [0.2, 0.25) is 0 Å². The molecule has 1 atom stereocenters. The van der Waals surface area contributed by atoms with Crippen LogP contribution in [0.4, 0.5) is 5.69 Å². The molecule has 7 nitrogen and oxygen atoms in total. The minimum atomic E-state index is -0.889. The number of nitrogens with two attached hydrogens (primary N) is 1. The lowest BCUT2D eigenvalue weighted by atomic mass is 9.96. The molecule has 0 spiro atoms. The summed E-state index contributed by atoms with van der Waals surface area (Å²) in [7, 11) is 0. The van der Waals surface area contributed by atoms with E-state index in [1.54, 1.807) is 6.92 Å². The Hall–Kier alpha value is -2.09. The van der Waals surface area contributed by atoms with Crippen molar-refractivity contribution in [3.05, 3.63) is 30.5 Å². The van der Waals surface area contributed by atoms with Gasteiger partial charge in [-0.2, -0.15) is 0 Å². The van der Waals surface area contributed by atoms with Crippen molar-refractivity contribution >= 4 is 40.8 Å². The summed E-state index contributed by atoms with van der Waals surface area (Å²) >= 11 is 0. The second kappa shape index (κ2) is 9.41. The van der Waals surface area contributed by atoms with Crippen molar-refractivity contribution < 1.29 is 14.3 Å². The monoisotopic (exact) mass is 408 g/mol. The molecule has 1 aliphatic rings. The number of amides is 2. The molecule has 2 amide bonds. The van der Waals surface area contributed by atoms with Gasteiger partial charge in [-0.05, 0) is 37.6 Å². The number of rotatable bonds is 6. The zero-order valence-corrected chi connectivity index (χ0v) is 17.3. The number of carbonyl (C=O) groups is 2. The number of hydrogen-bond acceptors (Lipinski definition) is 4. The molecule has 8 heteroatoms. The van der Waals surface area contributed by atoms with E-state index in [4.69, 9.17) is 10.5 Å². The highest BCUT2D eigenvalue weighted by Crippen LogP contribution is 2.22. The Bertz CT molecular complexity index is 828. The molecule has 1 saturated heterocycles. The zero-order valence-electron chi connectivity index (χ0n) is 16.4. The van der Waals surface area contributed by atoms with Gasteiger partial charge in [0.25, 0.3) is 0 Å². The van der Waals surface area contributed by atoms with Crippen LogP contribution in [0.1, 0.15) is 26.7 Å². The van der Waals surface area contributed by atoms with E-state index < -0.39 is 5.54 Å². The second-order valence-corrected chi connectivity index (χ2v) is 7.33. The van der Waals surface area contributed by atoms with Crippen LogP contribution in [0.15, 0.2) is 30.5 Å². The molecule has 2 aromatic rings. The molecule has 0 radical (unpaired) electrons. The number of ether oxygens (including phenoxy) is 1. The van der Waals surface area contributed by atoms with E-state index in [0.29, 0.717) is 45.0 Å². The molecule has 0 aliphatic carbocycles. The van der Waals surface area contributed by atoms with Gasteiger partial charge in [-0.3, -0.25) is 9.59 Å². The lowest BCUT2D eigenvalue weighted by molar-refractivity contribution is -0.135. The average molecular weight is 409 g/mol. The number of hydrogen-bond donors (Lipinski definition) is 2. The van der Waals surface area contributed by atoms with Crippen LogP contribution >= 0.6 is 12.4 Å². The smallest absolute Gasteiger partial charge is 0.244 e. The molecule has 1 aromatic heterocycles. The molecule has 1 aromatic carbocycles. The Morgan fingerprint density at radius 3 is 2.64 bits per heavy atom. The Labute approximate surface area is 171 Å². The van der Waals surface area contributed by atoms with E-state index in [9.17, 15) is 9.59 Å². The third-order valence-electron chi connectivity index (χ3n) is 4.99. The van der Waals surface area contributed by atoms with Crippen molar-refractivity contribution in [1.82, 2.24) is 9.47 Å². The number of halogens is 1. The molecule has 3 rings (SSSR count). The molecule has 2 heterocycles. The Morgan fingerprint density at radius 2 is 1.96 bits per heavy atom. The SMILES string of the molecule is CCCC(C)(N)C(=O)Nc1ccc2c(ccn2CC(=O)N2CCOCC2)c1.Cl. The first kappa shape index (κ1) is 22.2. The molecule has 1 fully saturated rings. The van der Waals surface area contributed by atoms with E-state index in [0.717, 1.165) is 17.3 Å². The number of aromatic nitrogens is 1. The predicted molar refractivity (Wildman–Crippen MR) is 113 cm³/mol. The van der Waals surface area contributed by atoms with Gasteiger partial charge >= 0.3 is 0 Å². The van der Waals surface area contributed by atoms with Crippen LogP contribution in [0.25, 0.3) is 10.9 Å². The zero-order chi connectivity index (χ0) is 19.4. The molecule has 0 bridgehead atoms. The number of morpholine rings is 1. The summed E-state index contributed by atoms with van der Waals surface area (Å²) in [6.45, 7) is 6.53. The summed E-state index contributed by atoms with van der Waals surface area (Å²) in [5.41, 5.74) is 6.87. The third kappa shape index (κ3) is 5.04. The van der Waals surface area contributed by atoms with E-state index in [1.165, 1.54) is 0 Å². The highest BCUT2D eigenvalue weighted by atomic mass is 35.5. The first-order valence-electron chi connectivity index (χ1n) is 9.45. The minimum Gasteiger partial charge on any atom is -0.378 e. The van der Waals surface area contributed by atoms with E-state index in [2.05, 4.69) is 5.32 Å². The lowest BCUT2D eigenvalue weighted by Gasteiger charge is -2.27. The summed E-state index contributed by atoms with van der Waals surface area (Å²) in [6, 6.07) is 7.62. The van der Waals surface area contributed by atoms with Crippen molar-refractivity contribution in [3.8, 4) is 0 Å². The molecular weight excluding hydrogens is 380 g/mol. The van der Waals surface area contributed by atoms with Crippen molar-refractivity contribution in [2.75, 3.05) is 31.6 Å². The molecule has 1 aliphatic heterocycles. The molecule has 3 N–H and O–H groups in total. The highest BCUT2D eigenvalue weighted by molar-refractivity contribution is 5.99. The molecule has 154 valence electrons. The second-order valence-electron chi connectivity index (χ2n) is 7.33. The van der Waals surface area contributed by atoms with Gasteiger partial charge in [0.1, 0.15) is 6.54 Å². The maximum atomic E-state index is 12.5. The first-order valence-corrected chi connectivity index (χ1v) is 9.45. The molecule has 28 heavy (non-hydrogen) atoms. The molecule has 0 saturated carbocycles. The van der Waals surface area contributed by atoms with Crippen LogP contribution in [0, 0.1) is 0 Å². The largest absolute Gasteiger partial charge is 0.378 e. The van der Waals surface area contributed by atoms with Crippen LogP contribution in [0.5, 0.6) is 0 Å². The predicted octanol–water partition coefficient (Wildman–Crippen LogP) is 2.38. The van der Waals surface area contributed by atoms with Crippen molar-refractivity contribution in [3.63, 3.8) is 0 Å². The number of fused-ring (bicyclic) bond motifs is 1. The van der Waals surface area contributed by atoms with E-state index >= 15 is 0 Å². The average Bonchev–Trinajstić information content (AvgIpc) is 3.04. The van der Waals surface area contributed by atoms with Gasteiger partial charge < -0.3 is 25.3 Å². The summed E-state index contributed by atoms with van der Waals surface area (Å²) in [4.78, 5) is 26.7. The van der Waals surface area contributed by atoms with Gasteiger partial charge in [-0.15, -0.1) is 12.4 Å². The Morgan fingerprint density at radius 1 is 1.25 bits per heavy atom. The fraction of sp³-hybridized carbons (Fsp3) is 0.500. The van der Waals surface area contributed by atoms with Crippen LogP contribution < -0.4 is 11.1 Å². The normalized spacial score (nSPS) is 16.3. The highest BCUT2D eigenvalue weighted by Gasteiger charge is 2.27. The van der Waals surface area contributed by atoms with Crippen LogP contribution in [-0.2, 0) is 20.9 Å². The summed E-state index contributed by atoms with van der Waals surface area (Å²) in [6.07, 6.45) is 3.37. The summed E-state index contributed by atoms with van der Waals surface area (Å²) < 4.78 is 7.23. The Kier molecular flexibility index (Phi) is 7.46. The Balaban J connectivity index is 0.00000280. The van der Waals surface area contributed by atoms with Gasteiger partial charge in [0, 0.05) is 35.9 Å². The van der Waals surface area contributed by atoms with Gasteiger partial charge in [0.15, 0.2) is 0 Å². The first-order chi connectivity index (χ1) is 12.9. The van der Waals surface area contributed by atoms with Crippen LogP contribution in [-0.4, -0.2) is 53.1 Å². The summed E-state index contributed by atoms with van der Waals surface area (Å²) in [5.74, 6) is -0.0997. The quantitative estimate of drug-likeness (QED) is 0.767. The number of nitrogens with zero attached hydrogens (tertiary/aromatic N) is 2. The van der Waals surface area contributed by atoms with E-state index in [1.807, 2.05) is 46.9 Å². The number of carbonyl (C=O) groups excluding carboxylic acids is 2. The van der Waals surface area contributed by atoms with Crippen molar-refractivity contribution in [2.24, 2.45) is 5.73 Å². The minimum absolute atomic E-state index is 0. The maximum absolute atomic E-state index is 12.5.